The molecule has 4 heteroatoms. The normalized spacial score (nSPS) is 10.6. The predicted octanol–water partition coefficient (Wildman–Crippen LogP) is 3.47. The van der Waals surface area contributed by atoms with Gasteiger partial charge in [0.15, 0.2) is 0 Å². The third kappa shape index (κ3) is 5.75. The Hall–Kier alpha value is -2.33. The molecule has 122 valence electrons. The lowest BCUT2D eigenvalue weighted by Crippen LogP contribution is -2.27. The highest BCUT2D eigenvalue weighted by Gasteiger charge is 2.05. The maximum Gasteiger partial charge on any atom is 0.251 e. The second kappa shape index (κ2) is 8.34. The molecule has 0 aliphatic heterocycles. The van der Waals surface area contributed by atoms with E-state index in [1.165, 1.54) is 5.56 Å². The first-order chi connectivity index (χ1) is 11.0. The summed E-state index contributed by atoms with van der Waals surface area (Å²) in [6.45, 7) is 3.68. The maximum atomic E-state index is 12.0. The average Bonchev–Trinajstić information content (AvgIpc) is 2.54. The minimum absolute atomic E-state index is 0.0503. The molecule has 0 aliphatic carbocycles. The monoisotopic (exact) mass is 312 g/mol. The van der Waals surface area contributed by atoms with E-state index >= 15 is 0 Å². The summed E-state index contributed by atoms with van der Waals surface area (Å²) in [5, 5.41) is 2.92. The van der Waals surface area contributed by atoms with Crippen LogP contribution >= 0.6 is 0 Å². The number of ether oxygens (including phenoxy) is 1. The molecule has 4 nitrogen and oxygen atoms in total. The van der Waals surface area contributed by atoms with Gasteiger partial charge in [-0.1, -0.05) is 17.7 Å². The van der Waals surface area contributed by atoms with E-state index in [1.807, 2.05) is 57.4 Å². The van der Waals surface area contributed by atoms with Crippen molar-refractivity contribution in [3.8, 4) is 11.5 Å². The van der Waals surface area contributed by atoms with Crippen LogP contribution in [0, 0.1) is 6.92 Å². The molecule has 0 unspecified atom stereocenters. The fourth-order valence-corrected chi connectivity index (χ4v) is 2.12. The fraction of sp³-hybridized carbons (Fsp3) is 0.316. The topological polar surface area (TPSA) is 41.6 Å². The average molecular weight is 312 g/mol. The molecule has 0 heterocycles. The second-order valence-electron chi connectivity index (χ2n) is 5.85. The SMILES string of the molecule is Cc1ccc(Oc2ccc(C(=O)NCCCN(C)C)cc2)cc1. The van der Waals surface area contributed by atoms with Crippen molar-refractivity contribution in [3.05, 3.63) is 59.7 Å². The van der Waals surface area contributed by atoms with Crippen LogP contribution in [0.15, 0.2) is 48.5 Å². The van der Waals surface area contributed by atoms with Crippen LogP contribution in [0.2, 0.25) is 0 Å². The fourth-order valence-electron chi connectivity index (χ4n) is 2.12. The first-order valence-electron chi connectivity index (χ1n) is 7.82. The van der Waals surface area contributed by atoms with Gasteiger partial charge in [0.2, 0.25) is 0 Å². The van der Waals surface area contributed by atoms with E-state index in [0.717, 1.165) is 24.5 Å². The van der Waals surface area contributed by atoms with Crippen LogP contribution in [0.25, 0.3) is 0 Å². The standard InChI is InChI=1S/C19H24N2O2/c1-15-5-9-17(10-6-15)23-18-11-7-16(8-12-18)19(22)20-13-4-14-21(2)3/h5-12H,4,13-14H2,1-3H3,(H,20,22). The first-order valence-corrected chi connectivity index (χ1v) is 7.82. The lowest BCUT2D eigenvalue weighted by molar-refractivity contribution is 0.0952. The molecule has 0 bridgehead atoms. The van der Waals surface area contributed by atoms with Crippen molar-refractivity contribution in [3.63, 3.8) is 0 Å². The van der Waals surface area contributed by atoms with Crippen molar-refractivity contribution in [1.82, 2.24) is 10.2 Å². The minimum atomic E-state index is -0.0503. The molecule has 0 saturated carbocycles. The van der Waals surface area contributed by atoms with Crippen LogP contribution in [-0.4, -0.2) is 38.0 Å². The quantitative estimate of drug-likeness (QED) is 0.796. The van der Waals surface area contributed by atoms with E-state index in [4.69, 9.17) is 4.74 Å². The molecule has 0 spiro atoms. The van der Waals surface area contributed by atoms with E-state index in [-0.39, 0.29) is 5.91 Å². The third-order valence-electron chi connectivity index (χ3n) is 3.44. The van der Waals surface area contributed by atoms with Gasteiger partial charge in [0, 0.05) is 12.1 Å². The summed E-state index contributed by atoms with van der Waals surface area (Å²) in [6, 6.07) is 15.1. The van der Waals surface area contributed by atoms with Gasteiger partial charge in [-0.05, 0) is 70.4 Å². The van der Waals surface area contributed by atoms with Crippen molar-refractivity contribution in [2.75, 3.05) is 27.2 Å². The van der Waals surface area contributed by atoms with Gasteiger partial charge in [0.1, 0.15) is 11.5 Å². The number of carbonyl (C=O) groups excluding carboxylic acids is 1. The molecule has 2 rings (SSSR count). The van der Waals surface area contributed by atoms with Crippen LogP contribution in [0.3, 0.4) is 0 Å². The van der Waals surface area contributed by atoms with E-state index in [0.29, 0.717) is 12.1 Å². The van der Waals surface area contributed by atoms with Crippen LogP contribution in [0.5, 0.6) is 11.5 Å². The lowest BCUT2D eigenvalue weighted by Gasteiger charge is -2.10. The van der Waals surface area contributed by atoms with Gasteiger partial charge in [-0.25, -0.2) is 0 Å². The Morgan fingerprint density at radius 2 is 1.57 bits per heavy atom. The van der Waals surface area contributed by atoms with Gasteiger partial charge in [-0.15, -0.1) is 0 Å². The molecule has 0 atom stereocenters. The zero-order valence-electron chi connectivity index (χ0n) is 14.0. The Balaban J connectivity index is 1.86. The van der Waals surface area contributed by atoms with Gasteiger partial charge >= 0.3 is 0 Å². The summed E-state index contributed by atoms with van der Waals surface area (Å²) in [7, 11) is 4.04. The number of rotatable bonds is 7. The van der Waals surface area contributed by atoms with Crippen molar-refractivity contribution in [2.45, 2.75) is 13.3 Å². The molecule has 0 fully saturated rings. The Kier molecular flexibility index (Phi) is 6.18. The predicted molar refractivity (Wildman–Crippen MR) is 93.2 cm³/mol. The molecule has 0 aliphatic rings. The van der Waals surface area contributed by atoms with Crippen LogP contribution in [-0.2, 0) is 0 Å². The van der Waals surface area contributed by atoms with Gasteiger partial charge in [0.05, 0.1) is 0 Å². The molecule has 23 heavy (non-hydrogen) atoms. The lowest BCUT2D eigenvalue weighted by atomic mass is 10.2. The highest BCUT2D eigenvalue weighted by Crippen LogP contribution is 2.21. The molecular formula is C19H24N2O2. The highest BCUT2D eigenvalue weighted by atomic mass is 16.5. The van der Waals surface area contributed by atoms with Crippen molar-refractivity contribution in [1.29, 1.82) is 0 Å². The van der Waals surface area contributed by atoms with E-state index in [9.17, 15) is 4.79 Å². The summed E-state index contributed by atoms with van der Waals surface area (Å²) in [6.07, 6.45) is 0.938. The summed E-state index contributed by atoms with van der Waals surface area (Å²) in [5.41, 5.74) is 1.84. The number of hydrogen-bond acceptors (Lipinski definition) is 3. The highest BCUT2D eigenvalue weighted by molar-refractivity contribution is 5.94. The molecular weight excluding hydrogens is 288 g/mol. The number of benzene rings is 2. The third-order valence-corrected chi connectivity index (χ3v) is 3.44. The molecule has 1 N–H and O–H groups in total. The smallest absolute Gasteiger partial charge is 0.251 e. The maximum absolute atomic E-state index is 12.0. The largest absolute Gasteiger partial charge is 0.457 e. The van der Waals surface area contributed by atoms with Crippen molar-refractivity contribution < 1.29 is 9.53 Å². The number of nitrogens with zero attached hydrogens (tertiary/aromatic N) is 1. The summed E-state index contributed by atoms with van der Waals surface area (Å²) >= 11 is 0. The number of carbonyl (C=O) groups is 1. The van der Waals surface area contributed by atoms with E-state index < -0.39 is 0 Å². The van der Waals surface area contributed by atoms with Crippen LogP contribution < -0.4 is 10.1 Å². The van der Waals surface area contributed by atoms with Gasteiger partial charge in [-0.3, -0.25) is 4.79 Å². The number of aryl methyl sites for hydroxylation is 1. The summed E-state index contributed by atoms with van der Waals surface area (Å²) in [5.74, 6) is 1.46. The molecule has 0 aromatic heterocycles. The van der Waals surface area contributed by atoms with E-state index in [1.54, 1.807) is 12.1 Å². The Morgan fingerprint density at radius 3 is 2.13 bits per heavy atom. The molecule has 0 saturated heterocycles. The summed E-state index contributed by atoms with van der Waals surface area (Å²) < 4.78 is 5.76. The Labute approximate surface area is 138 Å². The van der Waals surface area contributed by atoms with Crippen LogP contribution in [0.1, 0.15) is 22.3 Å². The number of amides is 1. The molecule has 2 aromatic rings. The molecule has 1 amide bonds. The Bertz CT molecular complexity index is 619. The van der Waals surface area contributed by atoms with Crippen molar-refractivity contribution in [2.24, 2.45) is 0 Å². The first kappa shape index (κ1) is 17.0. The second-order valence-corrected chi connectivity index (χ2v) is 5.85. The minimum Gasteiger partial charge on any atom is -0.457 e. The molecule has 0 radical (unpaired) electrons. The Morgan fingerprint density at radius 1 is 1.00 bits per heavy atom. The van der Waals surface area contributed by atoms with Gasteiger partial charge in [-0.2, -0.15) is 0 Å². The number of hydrogen-bond donors (Lipinski definition) is 1. The van der Waals surface area contributed by atoms with Gasteiger partial charge in [0.25, 0.3) is 5.91 Å². The van der Waals surface area contributed by atoms with E-state index in [2.05, 4.69) is 10.2 Å². The zero-order valence-corrected chi connectivity index (χ0v) is 14.0. The number of nitrogens with one attached hydrogen (secondary N) is 1. The van der Waals surface area contributed by atoms with Gasteiger partial charge < -0.3 is 15.0 Å². The summed E-state index contributed by atoms with van der Waals surface area (Å²) in [4.78, 5) is 14.1. The van der Waals surface area contributed by atoms with Crippen molar-refractivity contribution >= 4 is 5.91 Å². The van der Waals surface area contributed by atoms with Crippen LogP contribution in [0.4, 0.5) is 0 Å². The molecule has 2 aromatic carbocycles. The zero-order chi connectivity index (χ0) is 16.7.